The topological polar surface area (TPSA) is 59.9 Å². The highest BCUT2D eigenvalue weighted by molar-refractivity contribution is 7.14. The zero-order valence-electron chi connectivity index (χ0n) is 16.2. The zero-order valence-corrected chi connectivity index (χ0v) is 17.1. The van der Waals surface area contributed by atoms with Crippen LogP contribution in [0.2, 0.25) is 0 Å². The van der Waals surface area contributed by atoms with E-state index in [2.05, 4.69) is 51.9 Å². The molecule has 0 atom stereocenters. The van der Waals surface area contributed by atoms with E-state index in [1.807, 2.05) is 47.8 Å². The lowest BCUT2D eigenvalue weighted by Crippen LogP contribution is -1.96. The number of methoxy groups -OCH3 is 1. The lowest BCUT2D eigenvalue weighted by Gasteiger charge is -2.04. The van der Waals surface area contributed by atoms with E-state index >= 15 is 0 Å². The number of nitrogens with zero attached hydrogens (tertiary/aromatic N) is 3. The van der Waals surface area contributed by atoms with Gasteiger partial charge in [-0.05, 0) is 53.2 Å². The maximum atomic E-state index is 5.19. The van der Waals surface area contributed by atoms with Crippen LogP contribution >= 0.6 is 11.3 Å². The van der Waals surface area contributed by atoms with E-state index in [1.165, 1.54) is 10.8 Å². The van der Waals surface area contributed by atoms with E-state index in [-0.39, 0.29) is 0 Å². The average molecular weight is 411 g/mol. The molecule has 0 unspecified atom stereocenters. The standard InChI is InChI=1S/C24H18N4OS/c1-29-20-10-8-17(9-11-20)21-12-13-23(28-27-21)26-24-25-22(15-30-24)19-7-6-16-4-2-3-5-18(16)14-19/h2-15H,1H3,(H,25,26,28). The Bertz CT molecular complexity index is 1300. The Kier molecular flexibility index (Phi) is 4.83. The smallest absolute Gasteiger partial charge is 0.188 e. The lowest BCUT2D eigenvalue weighted by molar-refractivity contribution is 0.415. The maximum Gasteiger partial charge on any atom is 0.188 e. The predicted octanol–water partition coefficient (Wildman–Crippen LogP) is 6.17. The molecule has 30 heavy (non-hydrogen) atoms. The van der Waals surface area contributed by atoms with Crippen molar-refractivity contribution < 1.29 is 4.74 Å². The van der Waals surface area contributed by atoms with Crippen LogP contribution in [-0.2, 0) is 0 Å². The molecule has 5 rings (SSSR count). The van der Waals surface area contributed by atoms with Gasteiger partial charge in [0.25, 0.3) is 0 Å². The third-order valence-corrected chi connectivity index (χ3v) is 5.59. The fraction of sp³-hybridized carbons (Fsp3) is 0.0417. The van der Waals surface area contributed by atoms with Gasteiger partial charge in [-0.15, -0.1) is 21.5 Å². The number of anilines is 2. The molecular weight excluding hydrogens is 392 g/mol. The van der Waals surface area contributed by atoms with Gasteiger partial charge in [-0.3, -0.25) is 0 Å². The molecule has 0 aliphatic heterocycles. The molecule has 0 amide bonds. The van der Waals surface area contributed by atoms with Crippen LogP contribution in [-0.4, -0.2) is 22.3 Å². The highest BCUT2D eigenvalue weighted by Crippen LogP contribution is 2.29. The van der Waals surface area contributed by atoms with Gasteiger partial charge < -0.3 is 10.1 Å². The Hall–Kier alpha value is -3.77. The van der Waals surface area contributed by atoms with Crippen molar-refractivity contribution in [2.24, 2.45) is 0 Å². The normalized spacial score (nSPS) is 10.8. The summed E-state index contributed by atoms with van der Waals surface area (Å²) in [7, 11) is 1.65. The molecule has 5 nitrogen and oxygen atoms in total. The van der Waals surface area contributed by atoms with Crippen molar-refractivity contribution in [2.45, 2.75) is 0 Å². The number of nitrogens with one attached hydrogen (secondary N) is 1. The van der Waals surface area contributed by atoms with Crippen molar-refractivity contribution in [3.05, 3.63) is 84.2 Å². The van der Waals surface area contributed by atoms with Crippen LogP contribution < -0.4 is 10.1 Å². The molecule has 0 fully saturated rings. The Morgan fingerprint density at radius 2 is 1.57 bits per heavy atom. The molecular formula is C24H18N4OS. The van der Waals surface area contributed by atoms with Crippen LogP contribution in [0.5, 0.6) is 5.75 Å². The number of thiazole rings is 1. The van der Waals surface area contributed by atoms with E-state index in [4.69, 9.17) is 9.72 Å². The molecule has 146 valence electrons. The van der Waals surface area contributed by atoms with Crippen molar-refractivity contribution in [1.82, 2.24) is 15.2 Å². The van der Waals surface area contributed by atoms with E-state index in [9.17, 15) is 0 Å². The second kappa shape index (κ2) is 7.93. The molecule has 2 aromatic heterocycles. The minimum absolute atomic E-state index is 0.659. The molecule has 0 spiro atoms. The molecule has 0 bridgehead atoms. The van der Waals surface area contributed by atoms with Crippen molar-refractivity contribution >= 4 is 33.1 Å². The van der Waals surface area contributed by atoms with Gasteiger partial charge >= 0.3 is 0 Å². The number of hydrogen-bond donors (Lipinski definition) is 1. The van der Waals surface area contributed by atoms with Crippen LogP contribution in [0, 0.1) is 0 Å². The number of hydrogen-bond acceptors (Lipinski definition) is 6. The lowest BCUT2D eigenvalue weighted by atomic mass is 10.1. The first-order valence-electron chi connectivity index (χ1n) is 9.48. The van der Waals surface area contributed by atoms with Gasteiger partial charge in [0.1, 0.15) is 5.75 Å². The van der Waals surface area contributed by atoms with E-state index in [0.29, 0.717) is 5.82 Å². The summed E-state index contributed by atoms with van der Waals surface area (Å²) in [6.45, 7) is 0. The van der Waals surface area contributed by atoms with Crippen LogP contribution in [0.15, 0.2) is 84.2 Å². The van der Waals surface area contributed by atoms with Crippen molar-refractivity contribution in [3.8, 4) is 28.3 Å². The van der Waals surface area contributed by atoms with Gasteiger partial charge in [-0.25, -0.2) is 4.98 Å². The fourth-order valence-corrected chi connectivity index (χ4v) is 3.96. The quantitative estimate of drug-likeness (QED) is 0.375. The summed E-state index contributed by atoms with van der Waals surface area (Å²) in [6, 6.07) is 26.3. The van der Waals surface area contributed by atoms with Crippen LogP contribution in [0.3, 0.4) is 0 Å². The van der Waals surface area contributed by atoms with Crippen molar-refractivity contribution in [2.75, 3.05) is 12.4 Å². The first kappa shape index (κ1) is 18.3. The van der Waals surface area contributed by atoms with Crippen LogP contribution in [0.1, 0.15) is 0 Å². The molecule has 0 aliphatic carbocycles. The third kappa shape index (κ3) is 3.73. The summed E-state index contributed by atoms with van der Waals surface area (Å²) in [5, 5.41) is 17.1. The van der Waals surface area contributed by atoms with Crippen molar-refractivity contribution in [1.29, 1.82) is 0 Å². The molecule has 0 saturated carbocycles. The van der Waals surface area contributed by atoms with E-state index in [1.54, 1.807) is 18.4 Å². The predicted molar refractivity (Wildman–Crippen MR) is 122 cm³/mol. The number of aromatic nitrogens is 3. The van der Waals surface area contributed by atoms with E-state index < -0.39 is 0 Å². The molecule has 0 aliphatic rings. The first-order valence-corrected chi connectivity index (χ1v) is 10.4. The van der Waals surface area contributed by atoms with Gasteiger partial charge in [0.05, 0.1) is 18.5 Å². The molecule has 2 heterocycles. The van der Waals surface area contributed by atoms with E-state index in [0.717, 1.165) is 33.4 Å². The first-order chi connectivity index (χ1) is 14.8. The number of ether oxygens (including phenoxy) is 1. The molecule has 6 heteroatoms. The zero-order chi connectivity index (χ0) is 20.3. The highest BCUT2D eigenvalue weighted by atomic mass is 32.1. The average Bonchev–Trinajstić information content (AvgIpc) is 3.28. The van der Waals surface area contributed by atoms with Crippen molar-refractivity contribution in [3.63, 3.8) is 0 Å². The monoisotopic (exact) mass is 410 g/mol. The third-order valence-electron chi connectivity index (χ3n) is 4.83. The molecule has 3 aromatic carbocycles. The Morgan fingerprint density at radius 3 is 2.33 bits per heavy atom. The second-order valence-corrected chi connectivity index (χ2v) is 7.62. The van der Waals surface area contributed by atoms with Crippen LogP contribution in [0.4, 0.5) is 10.9 Å². The minimum atomic E-state index is 0.659. The number of fused-ring (bicyclic) bond motifs is 1. The molecule has 1 N–H and O–H groups in total. The van der Waals surface area contributed by atoms with Gasteiger partial charge in [0.2, 0.25) is 0 Å². The Labute approximate surface area is 178 Å². The van der Waals surface area contributed by atoms with Gasteiger partial charge in [-0.2, -0.15) is 0 Å². The summed E-state index contributed by atoms with van der Waals surface area (Å²) in [4.78, 5) is 4.71. The minimum Gasteiger partial charge on any atom is -0.497 e. The summed E-state index contributed by atoms with van der Waals surface area (Å²) in [5.74, 6) is 1.47. The highest BCUT2D eigenvalue weighted by Gasteiger charge is 2.07. The Balaban J connectivity index is 1.33. The molecule has 0 saturated heterocycles. The molecule has 5 aromatic rings. The number of rotatable bonds is 5. The van der Waals surface area contributed by atoms with Gasteiger partial charge in [0, 0.05) is 16.5 Å². The largest absolute Gasteiger partial charge is 0.497 e. The second-order valence-electron chi connectivity index (χ2n) is 6.76. The SMILES string of the molecule is COc1ccc(-c2ccc(Nc3nc(-c4ccc5ccccc5c4)cs3)nn2)cc1. The summed E-state index contributed by atoms with van der Waals surface area (Å²) < 4.78 is 5.19. The van der Waals surface area contributed by atoms with Gasteiger partial charge in [0.15, 0.2) is 10.9 Å². The maximum absolute atomic E-state index is 5.19. The van der Waals surface area contributed by atoms with Gasteiger partial charge in [-0.1, -0.05) is 36.4 Å². The summed E-state index contributed by atoms with van der Waals surface area (Å²) in [6.07, 6.45) is 0. The molecule has 0 radical (unpaired) electrons. The summed E-state index contributed by atoms with van der Waals surface area (Å²) in [5.41, 5.74) is 3.83. The Morgan fingerprint density at radius 1 is 0.767 bits per heavy atom. The fourth-order valence-electron chi connectivity index (χ4n) is 3.24. The summed E-state index contributed by atoms with van der Waals surface area (Å²) >= 11 is 1.55. The van der Waals surface area contributed by atoms with Crippen LogP contribution in [0.25, 0.3) is 33.3 Å². The number of benzene rings is 3.